The number of carbonyl (C=O) groups is 1. The highest BCUT2D eigenvalue weighted by Crippen LogP contribution is 2.22. The van der Waals surface area contributed by atoms with Gasteiger partial charge in [0.25, 0.3) is 5.69 Å². The third-order valence-electron chi connectivity index (χ3n) is 4.27. The van der Waals surface area contributed by atoms with Crippen LogP contribution in [0, 0.1) is 42.2 Å². The van der Waals surface area contributed by atoms with E-state index in [2.05, 4.69) is 16.5 Å². The Morgan fingerprint density at radius 1 is 1.38 bits per heavy atom. The van der Waals surface area contributed by atoms with Gasteiger partial charge in [-0.1, -0.05) is 6.07 Å². The van der Waals surface area contributed by atoms with Crippen LogP contribution in [0.15, 0.2) is 18.2 Å². The highest BCUT2D eigenvalue weighted by molar-refractivity contribution is 5.92. The predicted octanol–water partition coefficient (Wildman–Crippen LogP) is 3.20. The Labute approximate surface area is 151 Å². The molecule has 0 saturated carbocycles. The third kappa shape index (κ3) is 4.45. The molecule has 0 radical (unpaired) electrons. The molecule has 0 saturated heterocycles. The molecule has 1 amide bonds. The molecule has 26 heavy (non-hydrogen) atoms. The van der Waals surface area contributed by atoms with Gasteiger partial charge in [0.05, 0.1) is 35.3 Å². The summed E-state index contributed by atoms with van der Waals surface area (Å²) in [4.78, 5) is 22.7. The minimum absolute atomic E-state index is 0.0589. The summed E-state index contributed by atoms with van der Waals surface area (Å²) in [6.07, 6.45) is 1.14. The maximum atomic E-state index is 12.3. The lowest BCUT2D eigenvalue weighted by Gasteiger charge is -2.08. The Morgan fingerprint density at radius 2 is 2.12 bits per heavy atom. The summed E-state index contributed by atoms with van der Waals surface area (Å²) in [7, 11) is 0. The van der Waals surface area contributed by atoms with E-state index in [0.29, 0.717) is 25.1 Å². The van der Waals surface area contributed by atoms with E-state index in [1.807, 2.05) is 13.8 Å². The summed E-state index contributed by atoms with van der Waals surface area (Å²) >= 11 is 0. The van der Waals surface area contributed by atoms with Crippen LogP contribution in [0.25, 0.3) is 0 Å². The topological polar surface area (TPSA) is 114 Å². The molecule has 0 bridgehead atoms. The van der Waals surface area contributed by atoms with Crippen molar-refractivity contribution in [1.82, 2.24) is 9.78 Å². The first-order valence-corrected chi connectivity index (χ1v) is 8.28. The molecule has 0 aliphatic heterocycles. The van der Waals surface area contributed by atoms with Gasteiger partial charge in [0, 0.05) is 24.2 Å². The molecule has 1 aromatic carbocycles. The Kier molecular flexibility index (Phi) is 6.07. The van der Waals surface area contributed by atoms with Crippen LogP contribution in [0.1, 0.15) is 35.4 Å². The zero-order valence-corrected chi connectivity index (χ0v) is 15.1. The number of hydrogen-bond acceptors (Lipinski definition) is 5. The van der Waals surface area contributed by atoms with Crippen LogP contribution >= 0.6 is 0 Å². The van der Waals surface area contributed by atoms with Crippen LogP contribution < -0.4 is 5.32 Å². The SMILES string of the molecule is Cc1ccc([N+](=O)[O-])cc1NC(=O)CCc1c(C)nn(CCC#N)c1C. The van der Waals surface area contributed by atoms with Gasteiger partial charge >= 0.3 is 0 Å². The first-order chi connectivity index (χ1) is 12.3. The van der Waals surface area contributed by atoms with Gasteiger partial charge in [-0.05, 0) is 38.3 Å². The fourth-order valence-electron chi connectivity index (χ4n) is 2.78. The fraction of sp³-hybridized carbons (Fsp3) is 0.389. The summed E-state index contributed by atoms with van der Waals surface area (Å²) in [5.41, 5.74) is 3.95. The highest BCUT2D eigenvalue weighted by Gasteiger charge is 2.15. The summed E-state index contributed by atoms with van der Waals surface area (Å²) in [5, 5.41) is 26.7. The van der Waals surface area contributed by atoms with Crippen molar-refractivity contribution in [3.05, 3.63) is 50.8 Å². The standard InChI is InChI=1S/C18H21N5O3/c1-12-5-6-15(23(25)26)11-17(12)20-18(24)8-7-16-13(2)21-22(14(16)3)10-4-9-19/h5-6,11H,4,7-8,10H2,1-3H3,(H,20,24). The van der Waals surface area contributed by atoms with E-state index < -0.39 is 4.92 Å². The molecule has 2 aromatic rings. The Morgan fingerprint density at radius 3 is 2.77 bits per heavy atom. The predicted molar refractivity (Wildman–Crippen MR) is 96.7 cm³/mol. The normalized spacial score (nSPS) is 10.4. The van der Waals surface area contributed by atoms with E-state index >= 15 is 0 Å². The molecule has 1 N–H and O–H groups in total. The number of nitro benzene ring substituents is 1. The number of carbonyl (C=O) groups excluding carboxylic acids is 1. The van der Waals surface area contributed by atoms with Crippen LogP contribution in [0.4, 0.5) is 11.4 Å². The molecule has 1 aromatic heterocycles. The molecule has 0 atom stereocenters. The maximum Gasteiger partial charge on any atom is 0.271 e. The molecule has 1 heterocycles. The molecule has 8 nitrogen and oxygen atoms in total. The monoisotopic (exact) mass is 355 g/mol. The van der Waals surface area contributed by atoms with Gasteiger partial charge in [0.1, 0.15) is 0 Å². The number of amides is 1. The molecule has 0 fully saturated rings. The number of nitrogens with one attached hydrogen (secondary N) is 1. The molecule has 0 spiro atoms. The smallest absolute Gasteiger partial charge is 0.271 e. The number of nitro groups is 1. The fourth-order valence-corrected chi connectivity index (χ4v) is 2.78. The van der Waals surface area contributed by atoms with Crippen molar-refractivity contribution in [3.8, 4) is 6.07 Å². The minimum atomic E-state index is -0.489. The van der Waals surface area contributed by atoms with Crippen LogP contribution in [0.2, 0.25) is 0 Å². The third-order valence-corrected chi connectivity index (χ3v) is 4.27. The first-order valence-electron chi connectivity index (χ1n) is 8.28. The molecule has 2 rings (SSSR count). The quantitative estimate of drug-likeness (QED) is 0.605. The van der Waals surface area contributed by atoms with Gasteiger partial charge in [-0.15, -0.1) is 0 Å². The van der Waals surface area contributed by atoms with Crippen LogP contribution in [-0.4, -0.2) is 20.6 Å². The molecule has 136 valence electrons. The Balaban J connectivity index is 2.04. The van der Waals surface area contributed by atoms with Crippen molar-refractivity contribution in [3.63, 3.8) is 0 Å². The Hall–Kier alpha value is -3.21. The molecule has 0 aliphatic carbocycles. The summed E-state index contributed by atoms with van der Waals surface area (Å²) < 4.78 is 1.79. The zero-order valence-electron chi connectivity index (χ0n) is 15.1. The van der Waals surface area contributed by atoms with Gasteiger partial charge in [-0.3, -0.25) is 19.6 Å². The lowest BCUT2D eigenvalue weighted by Crippen LogP contribution is -2.14. The average molecular weight is 355 g/mol. The minimum Gasteiger partial charge on any atom is -0.326 e. The second-order valence-corrected chi connectivity index (χ2v) is 6.09. The van der Waals surface area contributed by atoms with E-state index in [1.54, 1.807) is 17.7 Å². The van der Waals surface area contributed by atoms with Gasteiger partial charge < -0.3 is 5.32 Å². The lowest BCUT2D eigenvalue weighted by atomic mass is 10.1. The van der Waals surface area contributed by atoms with Crippen molar-refractivity contribution in [2.24, 2.45) is 0 Å². The van der Waals surface area contributed by atoms with E-state index in [9.17, 15) is 14.9 Å². The number of aryl methyl sites for hydroxylation is 3. The van der Waals surface area contributed by atoms with Gasteiger partial charge in [0.15, 0.2) is 0 Å². The second-order valence-electron chi connectivity index (χ2n) is 6.09. The molecular weight excluding hydrogens is 334 g/mol. The summed E-state index contributed by atoms with van der Waals surface area (Å²) in [6, 6.07) is 6.48. The Bertz CT molecular complexity index is 880. The number of benzene rings is 1. The highest BCUT2D eigenvalue weighted by atomic mass is 16.6. The molecular formula is C18H21N5O3. The number of rotatable bonds is 7. The molecule has 0 unspecified atom stereocenters. The summed E-state index contributed by atoms with van der Waals surface area (Å²) in [6.45, 7) is 6.12. The van der Waals surface area contributed by atoms with Crippen LogP contribution in [0.3, 0.4) is 0 Å². The van der Waals surface area contributed by atoms with Crippen molar-refractivity contribution >= 4 is 17.3 Å². The zero-order chi connectivity index (χ0) is 19.3. The maximum absolute atomic E-state index is 12.3. The molecule has 8 heteroatoms. The first kappa shape index (κ1) is 19.1. The van der Waals surface area contributed by atoms with E-state index in [0.717, 1.165) is 22.5 Å². The largest absolute Gasteiger partial charge is 0.326 e. The van der Waals surface area contributed by atoms with Crippen molar-refractivity contribution in [2.45, 2.75) is 46.6 Å². The van der Waals surface area contributed by atoms with Gasteiger partial charge in [0.2, 0.25) is 5.91 Å². The van der Waals surface area contributed by atoms with Crippen molar-refractivity contribution in [2.75, 3.05) is 5.32 Å². The van der Waals surface area contributed by atoms with Crippen LogP contribution in [0.5, 0.6) is 0 Å². The van der Waals surface area contributed by atoms with E-state index in [-0.39, 0.29) is 18.0 Å². The van der Waals surface area contributed by atoms with Gasteiger partial charge in [-0.2, -0.15) is 10.4 Å². The van der Waals surface area contributed by atoms with E-state index in [4.69, 9.17) is 5.26 Å². The lowest BCUT2D eigenvalue weighted by molar-refractivity contribution is -0.384. The van der Waals surface area contributed by atoms with E-state index in [1.165, 1.54) is 12.1 Å². The number of hydrogen-bond donors (Lipinski definition) is 1. The number of nitriles is 1. The number of aromatic nitrogens is 2. The molecule has 0 aliphatic rings. The van der Waals surface area contributed by atoms with Crippen LogP contribution in [-0.2, 0) is 17.8 Å². The van der Waals surface area contributed by atoms with Crippen molar-refractivity contribution < 1.29 is 9.72 Å². The summed E-state index contributed by atoms with van der Waals surface area (Å²) in [5.74, 6) is -0.211. The van der Waals surface area contributed by atoms with Gasteiger partial charge in [-0.25, -0.2) is 0 Å². The van der Waals surface area contributed by atoms with Crippen molar-refractivity contribution in [1.29, 1.82) is 5.26 Å². The number of non-ortho nitro benzene ring substituents is 1. The average Bonchev–Trinajstić information content (AvgIpc) is 2.86. The number of anilines is 1. The number of nitrogens with zero attached hydrogens (tertiary/aromatic N) is 4. The second kappa shape index (κ2) is 8.25.